The van der Waals surface area contributed by atoms with Crippen LogP contribution in [0.15, 0.2) is 54.6 Å². The van der Waals surface area contributed by atoms with Crippen LogP contribution in [0.4, 0.5) is 0 Å². The molecule has 86 valence electrons. The summed E-state index contributed by atoms with van der Waals surface area (Å²) >= 11 is 0. The maximum atomic E-state index is 8.65. The Bertz CT molecular complexity index is 467. The average Bonchev–Trinajstić information content (AvgIpc) is 2.41. The lowest BCUT2D eigenvalue weighted by atomic mass is 10.0. The largest absolute Gasteiger partial charge is 0.331 e. The van der Waals surface area contributed by atoms with Crippen molar-refractivity contribution in [1.29, 1.82) is 5.26 Å². The molecule has 17 heavy (non-hydrogen) atoms. The predicted octanol–water partition coefficient (Wildman–Crippen LogP) is 3.19. The molecule has 0 saturated carbocycles. The van der Waals surface area contributed by atoms with Gasteiger partial charge in [0.05, 0.1) is 11.6 Å². The van der Waals surface area contributed by atoms with Crippen molar-refractivity contribution in [2.45, 2.75) is 6.92 Å². The van der Waals surface area contributed by atoms with E-state index in [9.17, 15) is 0 Å². The highest BCUT2D eigenvalue weighted by Gasteiger charge is 1.95. The van der Waals surface area contributed by atoms with Crippen LogP contribution in [-0.2, 0) is 0 Å². The third-order valence-corrected chi connectivity index (χ3v) is 2.12. The second kappa shape index (κ2) is 7.21. The zero-order chi connectivity index (χ0) is 12.5. The smallest absolute Gasteiger partial charge is 0.0991 e. The molecule has 2 aromatic carbocycles. The Labute approximate surface area is 102 Å². The molecule has 2 aromatic rings. The van der Waals surface area contributed by atoms with Crippen molar-refractivity contribution >= 4 is 0 Å². The number of hydrogen-bond donors (Lipinski definition) is 1. The summed E-state index contributed by atoms with van der Waals surface area (Å²) in [6.07, 6.45) is 0. The molecule has 0 fully saturated rings. The maximum Gasteiger partial charge on any atom is 0.0991 e. The van der Waals surface area contributed by atoms with E-state index in [0.717, 1.165) is 12.1 Å². The van der Waals surface area contributed by atoms with Crippen molar-refractivity contribution in [2.75, 3.05) is 6.54 Å². The predicted molar refractivity (Wildman–Crippen MR) is 71.3 cm³/mol. The first-order valence-corrected chi connectivity index (χ1v) is 5.57. The summed E-state index contributed by atoms with van der Waals surface area (Å²) in [7, 11) is 0. The molecule has 0 spiro atoms. The minimum atomic E-state index is 0.699. The topological polar surface area (TPSA) is 49.8 Å². The molecule has 0 aliphatic heterocycles. The molecule has 0 aliphatic carbocycles. The number of nitrogens with two attached hydrogens (primary N) is 1. The molecule has 0 aliphatic rings. The normalized spacial score (nSPS) is 8.76. The second-order valence-electron chi connectivity index (χ2n) is 3.46. The number of nitriles is 1. The van der Waals surface area contributed by atoms with E-state index >= 15 is 0 Å². The van der Waals surface area contributed by atoms with Gasteiger partial charge in [-0.05, 0) is 29.8 Å². The lowest BCUT2D eigenvalue weighted by Crippen LogP contribution is -1.87. The Balaban J connectivity index is 0.000000437. The molecule has 0 atom stereocenters. The first kappa shape index (κ1) is 13.0. The molecule has 2 N–H and O–H groups in total. The van der Waals surface area contributed by atoms with Crippen LogP contribution in [0, 0.1) is 11.3 Å². The van der Waals surface area contributed by atoms with Gasteiger partial charge in [0.1, 0.15) is 0 Å². The van der Waals surface area contributed by atoms with Gasteiger partial charge in [-0.2, -0.15) is 5.26 Å². The molecule has 2 rings (SSSR count). The van der Waals surface area contributed by atoms with Gasteiger partial charge in [0.2, 0.25) is 0 Å². The fourth-order valence-electron chi connectivity index (χ4n) is 1.37. The average molecular weight is 224 g/mol. The monoisotopic (exact) mass is 224 g/mol. The summed E-state index contributed by atoms with van der Waals surface area (Å²) in [6.45, 7) is 2.65. The Morgan fingerprint density at radius 3 is 1.88 bits per heavy atom. The van der Waals surface area contributed by atoms with Gasteiger partial charge in [-0.15, -0.1) is 0 Å². The minimum Gasteiger partial charge on any atom is -0.331 e. The summed E-state index contributed by atoms with van der Waals surface area (Å²) in [6, 6.07) is 19.8. The van der Waals surface area contributed by atoms with E-state index in [4.69, 9.17) is 11.0 Å². The molecular formula is C15H16N2. The van der Waals surface area contributed by atoms with Crippen molar-refractivity contribution < 1.29 is 0 Å². The molecule has 0 radical (unpaired) electrons. The van der Waals surface area contributed by atoms with E-state index in [-0.39, 0.29) is 0 Å². The standard InChI is InChI=1S/C13H9N.C2H7N/c14-10-11-6-8-13(9-7-11)12-4-2-1-3-5-12;1-2-3/h1-9H;2-3H2,1H3. The SMILES string of the molecule is CCN.N#Cc1ccc(-c2ccccc2)cc1. The molecule has 0 bridgehead atoms. The van der Waals surface area contributed by atoms with Gasteiger partial charge in [0, 0.05) is 0 Å². The third kappa shape index (κ3) is 4.10. The van der Waals surface area contributed by atoms with Crippen LogP contribution in [-0.4, -0.2) is 6.54 Å². The zero-order valence-corrected chi connectivity index (χ0v) is 9.93. The minimum absolute atomic E-state index is 0.699. The molecule has 0 unspecified atom stereocenters. The fraction of sp³-hybridized carbons (Fsp3) is 0.133. The lowest BCUT2D eigenvalue weighted by molar-refractivity contribution is 1.14. The van der Waals surface area contributed by atoms with Crippen LogP contribution in [0.1, 0.15) is 12.5 Å². The van der Waals surface area contributed by atoms with Crippen molar-refractivity contribution in [3.8, 4) is 17.2 Å². The lowest BCUT2D eigenvalue weighted by Gasteiger charge is -1.99. The molecule has 0 aromatic heterocycles. The van der Waals surface area contributed by atoms with Gasteiger partial charge < -0.3 is 5.73 Å². The zero-order valence-electron chi connectivity index (χ0n) is 9.93. The Morgan fingerprint density at radius 1 is 0.941 bits per heavy atom. The molecule has 2 nitrogen and oxygen atoms in total. The Morgan fingerprint density at radius 2 is 1.41 bits per heavy atom. The van der Waals surface area contributed by atoms with Crippen LogP contribution in [0.2, 0.25) is 0 Å². The summed E-state index contributed by atoms with van der Waals surface area (Å²) < 4.78 is 0. The van der Waals surface area contributed by atoms with Crippen molar-refractivity contribution in [3.05, 3.63) is 60.2 Å². The van der Waals surface area contributed by atoms with E-state index in [1.54, 1.807) is 0 Å². The van der Waals surface area contributed by atoms with Crippen LogP contribution >= 0.6 is 0 Å². The highest BCUT2D eigenvalue weighted by atomic mass is 14.5. The number of benzene rings is 2. The first-order valence-electron chi connectivity index (χ1n) is 5.57. The van der Waals surface area contributed by atoms with E-state index < -0.39 is 0 Å². The van der Waals surface area contributed by atoms with Crippen molar-refractivity contribution in [1.82, 2.24) is 0 Å². The summed E-state index contributed by atoms with van der Waals surface area (Å²) in [5, 5.41) is 8.65. The van der Waals surface area contributed by atoms with Gasteiger partial charge in [0.25, 0.3) is 0 Å². The van der Waals surface area contributed by atoms with Gasteiger partial charge in [-0.25, -0.2) is 0 Å². The highest BCUT2D eigenvalue weighted by molar-refractivity contribution is 5.63. The van der Waals surface area contributed by atoms with Crippen molar-refractivity contribution in [2.24, 2.45) is 5.73 Å². The van der Waals surface area contributed by atoms with Crippen LogP contribution in [0.5, 0.6) is 0 Å². The second-order valence-corrected chi connectivity index (χ2v) is 3.46. The quantitative estimate of drug-likeness (QED) is 0.808. The molecule has 0 amide bonds. The van der Waals surface area contributed by atoms with E-state index in [1.807, 2.05) is 49.4 Å². The van der Waals surface area contributed by atoms with Gasteiger partial charge in [-0.1, -0.05) is 49.4 Å². The molecule has 2 heteroatoms. The summed E-state index contributed by atoms with van der Waals surface area (Å²) in [4.78, 5) is 0. The van der Waals surface area contributed by atoms with Gasteiger partial charge in [-0.3, -0.25) is 0 Å². The highest BCUT2D eigenvalue weighted by Crippen LogP contribution is 2.18. The van der Waals surface area contributed by atoms with E-state index in [0.29, 0.717) is 5.56 Å². The van der Waals surface area contributed by atoms with E-state index in [2.05, 4.69) is 18.2 Å². The molecular weight excluding hydrogens is 208 g/mol. The van der Waals surface area contributed by atoms with Crippen LogP contribution < -0.4 is 5.73 Å². The maximum absolute atomic E-state index is 8.65. The van der Waals surface area contributed by atoms with Gasteiger partial charge >= 0.3 is 0 Å². The fourth-order valence-corrected chi connectivity index (χ4v) is 1.37. The third-order valence-electron chi connectivity index (χ3n) is 2.12. The van der Waals surface area contributed by atoms with Crippen molar-refractivity contribution in [3.63, 3.8) is 0 Å². The Hall–Kier alpha value is -2.11. The first-order chi connectivity index (χ1) is 8.31. The number of hydrogen-bond acceptors (Lipinski definition) is 2. The van der Waals surface area contributed by atoms with Gasteiger partial charge in [0.15, 0.2) is 0 Å². The molecule has 0 heterocycles. The number of rotatable bonds is 1. The Kier molecular flexibility index (Phi) is 5.50. The number of nitrogens with zero attached hydrogens (tertiary/aromatic N) is 1. The van der Waals surface area contributed by atoms with Crippen LogP contribution in [0.25, 0.3) is 11.1 Å². The van der Waals surface area contributed by atoms with Crippen LogP contribution in [0.3, 0.4) is 0 Å². The summed E-state index contributed by atoms with van der Waals surface area (Å²) in [5.74, 6) is 0. The van der Waals surface area contributed by atoms with E-state index in [1.165, 1.54) is 5.56 Å². The summed E-state index contributed by atoms with van der Waals surface area (Å²) in [5.41, 5.74) is 7.87. The molecule has 0 saturated heterocycles.